The Hall–Kier alpha value is -2.38. The van der Waals surface area contributed by atoms with E-state index in [0.717, 1.165) is 5.56 Å². The van der Waals surface area contributed by atoms with Gasteiger partial charge in [-0.1, -0.05) is 18.2 Å². The highest BCUT2D eigenvalue weighted by Gasteiger charge is 2.18. The van der Waals surface area contributed by atoms with Crippen LogP contribution in [0.2, 0.25) is 0 Å². The van der Waals surface area contributed by atoms with E-state index < -0.39 is 15.9 Å². The van der Waals surface area contributed by atoms with Crippen LogP contribution in [-0.4, -0.2) is 32.6 Å². The molecule has 0 heterocycles. The maximum absolute atomic E-state index is 12.5. The minimum absolute atomic E-state index is 0.00348. The van der Waals surface area contributed by atoms with Gasteiger partial charge in [0.15, 0.2) is 0 Å². The van der Waals surface area contributed by atoms with E-state index in [1.165, 1.54) is 12.1 Å². The molecule has 7 heteroatoms. The average Bonchev–Trinajstić information content (AvgIpc) is 2.52. The lowest BCUT2D eigenvalue weighted by atomic mass is 10.1. The van der Waals surface area contributed by atoms with Crippen molar-refractivity contribution in [3.63, 3.8) is 0 Å². The van der Waals surface area contributed by atoms with Gasteiger partial charge in [-0.3, -0.25) is 9.52 Å². The van der Waals surface area contributed by atoms with Crippen molar-refractivity contribution in [3.8, 4) is 0 Å². The molecule has 0 fully saturated rings. The molecule has 0 unspecified atom stereocenters. The molecule has 3 N–H and O–H groups in total. The van der Waals surface area contributed by atoms with Crippen LogP contribution >= 0.6 is 0 Å². The highest BCUT2D eigenvalue weighted by Crippen LogP contribution is 2.20. The SMILES string of the molecule is Cc1cccc(NS(=O)(=O)c2ccc(C)c(C(=O)NCCO)c2)c1. The summed E-state index contributed by atoms with van der Waals surface area (Å²) < 4.78 is 27.6. The summed E-state index contributed by atoms with van der Waals surface area (Å²) in [6, 6.07) is 11.4. The topological polar surface area (TPSA) is 95.5 Å². The zero-order chi connectivity index (χ0) is 17.7. The third-order valence-corrected chi connectivity index (χ3v) is 4.81. The second-order valence-electron chi connectivity index (χ2n) is 5.43. The van der Waals surface area contributed by atoms with E-state index in [1.54, 1.807) is 31.2 Å². The van der Waals surface area contributed by atoms with Gasteiger partial charge in [0, 0.05) is 17.8 Å². The van der Waals surface area contributed by atoms with Gasteiger partial charge >= 0.3 is 0 Å². The summed E-state index contributed by atoms with van der Waals surface area (Å²) in [6.45, 7) is 3.51. The van der Waals surface area contributed by atoms with Crippen molar-refractivity contribution in [2.24, 2.45) is 0 Å². The van der Waals surface area contributed by atoms with Crippen LogP contribution in [0.1, 0.15) is 21.5 Å². The van der Waals surface area contributed by atoms with Crippen molar-refractivity contribution < 1.29 is 18.3 Å². The van der Waals surface area contributed by atoms with Crippen LogP contribution in [0.4, 0.5) is 5.69 Å². The standard InChI is InChI=1S/C17H20N2O4S/c1-12-4-3-5-14(10-12)19-24(22,23)15-7-6-13(2)16(11-15)17(21)18-8-9-20/h3-7,10-11,19-20H,8-9H2,1-2H3,(H,18,21). The van der Waals surface area contributed by atoms with Crippen LogP contribution < -0.4 is 10.0 Å². The number of aryl methyl sites for hydroxylation is 2. The zero-order valence-corrected chi connectivity index (χ0v) is 14.4. The second kappa shape index (κ2) is 7.46. The molecule has 0 radical (unpaired) electrons. The Kier molecular flexibility index (Phi) is 5.58. The van der Waals surface area contributed by atoms with E-state index in [9.17, 15) is 13.2 Å². The maximum atomic E-state index is 12.5. The van der Waals surface area contributed by atoms with E-state index in [1.807, 2.05) is 13.0 Å². The van der Waals surface area contributed by atoms with Crippen molar-refractivity contribution in [1.82, 2.24) is 5.32 Å². The molecular weight excluding hydrogens is 328 g/mol. The lowest BCUT2D eigenvalue weighted by Crippen LogP contribution is -2.27. The molecular formula is C17H20N2O4S. The molecule has 0 bridgehead atoms. The number of carbonyl (C=O) groups is 1. The Morgan fingerprint density at radius 1 is 1.12 bits per heavy atom. The normalized spacial score (nSPS) is 11.1. The van der Waals surface area contributed by atoms with Crippen molar-refractivity contribution >= 4 is 21.6 Å². The second-order valence-corrected chi connectivity index (χ2v) is 7.11. The van der Waals surface area contributed by atoms with Crippen LogP contribution in [0.3, 0.4) is 0 Å². The average molecular weight is 348 g/mol. The number of hydrogen-bond donors (Lipinski definition) is 3. The molecule has 0 aliphatic carbocycles. The molecule has 0 saturated carbocycles. The van der Waals surface area contributed by atoms with Crippen molar-refractivity contribution in [3.05, 3.63) is 59.2 Å². The first-order valence-electron chi connectivity index (χ1n) is 7.42. The Morgan fingerprint density at radius 2 is 1.88 bits per heavy atom. The Labute approximate surface area is 141 Å². The molecule has 0 aliphatic rings. The molecule has 0 aromatic heterocycles. The molecule has 24 heavy (non-hydrogen) atoms. The van der Waals surface area contributed by atoms with Gasteiger partial charge in [-0.05, 0) is 49.2 Å². The number of nitrogens with one attached hydrogen (secondary N) is 2. The fraction of sp³-hybridized carbons (Fsp3) is 0.235. The van der Waals surface area contributed by atoms with E-state index in [-0.39, 0.29) is 23.6 Å². The first-order chi connectivity index (χ1) is 11.3. The predicted octanol–water partition coefficient (Wildman–Crippen LogP) is 1.83. The van der Waals surface area contributed by atoms with E-state index in [4.69, 9.17) is 5.11 Å². The van der Waals surface area contributed by atoms with E-state index in [0.29, 0.717) is 11.3 Å². The van der Waals surface area contributed by atoms with Crippen LogP contribution in [0.5, 0.6) is 0 Å². The number of carbonyl (C=O) groups excluding carboxylic acids is 1. The molecule has 6 nitrogen and oxygen atoms in total. The van der Waals surface area contributed by atoms with Gasteiger partial charge in [-0.15, -0.1) is 0 Å². The molecule has 2 aromatic rings. The molecule has 1 amide bonds. The third kappa shape index (κ3) is 4.33. The first kappa shape index (κ1) is 18.0. The number of sulfonamides is 1. The highest BCUT2D eigenvalue weighted by atomic mass is 32.2. The smallest absolute Gasteiger partial charge is 0.261 e. The Morgan fingerprint density at radius 3 is 2.54 bits per heavy atom. The summed E-state index contributed by atoms with van der Waals surface area (Å²) in [5.74, 6) is -0.422. The molecule has 2 aromatic carbocycles. The minimum Gasteiger partial charge on any atom is -0.395 e. The summed E-state index contributed by atoms with van der Waals surface area (Å²) in [7, 11) is -3.80. The Balaban J connectivity index is 2.32. The maximum Gasteiger partial charge on any atom is 0.261 e. The zero-order valence-electron chi connectivity index (χ0n) is 13.5. The van der Waals surface area contributed by atoms with Crippen molar-refractivity contribution in [1.29, 1.82) is 0 Å². The van der Waals surface area contributed by atoms with Gasteiger partial charge in [0.1, 0.15) is 0 Å². The van der Waals surface area contributed by atoms with Gasteiger partial charge in [0.05, 0.1) is 11.5 Å². The van der Waals surface area contributed by atoms with E-state index >= 15 is 0 Å². The number of benzene rings is 2. The summed E-state index contributed by atoms with van der Waals surface area (Å²) >= 11 is 0. The van der Waals surface area contributed by atoms with E-state index in [2.05, 4.69) is 10.0 Å². The van der Waals surface area contributed by atoms with Crippen molar-refractivity contribution in [2.75, 3.05) is 17.9 Å². The minimum atomic E-state index is -3.80. The van der Waals surface area contributed by atoms with Gasteiger partial charge in [0.25, 0.3) is 15.9 Å². The number of hydrogen-bond acceptors (Lipinski definition) is 4. The number of rotatable bonds is 6. The molecule has 128 valence electrons. The number of aliphatic hydroxyl groups is 1. The van der Waals surface area contributed by atoms with Crippen LogP contribution in [-0.2, 0) is 10.0 Å². The number of amides is 1. The number of aliphatic hydroxyl groups excluding tert-OH is 1. The third-order valence-electron chi connectivity index (χ3n) is 3.43. The van der Waals surface area contributed by atoms with Gasteiger partial charge in [-0.2, -0.15) is 0 Å². The quantitative estimate of drug-likeness (QED) is 0.742. The largest absolute Gasteiger partial charge is 0.395 e. The summed E-state index contributed by atoms with van der Waals surface area (Å²) in [5.41, 5.74) is 2.31. The first-order valence-corrected chi connectivity index (χ1v) is 8.91. The molecule has 2 rings (SSSR count). The fourth-order valence-corrected chi connectivity index (χ4v) is 3.28. The predicted molar refractivity (Wildman–Crippen MR) is 92.6 cm³/mol. The van der Waals surface area contributed by atoms with Crippen molar-refractivity contribution in [2.45, 2.75) is 18.7 Å². The summed E-state index contributed by atoms with van der Waals surface area (Å²) in [4.78, 5) is 12.1. The monoisotopic (exact) mass is 348 g/mol. The molecule has 0 atom stereocenters. The molecule has 0 aliphatic heterocycles. The van der Waals surface area contributed by atoms with Gasteiger partial charge in [0.2, 0.25) is 0 Å². The summed E-state index contributed by atoms with van der Waals surface area (Å²) in [6.07, 6.45) is 0. The van der Waals surface area contributed by atoms with Gasteiger partial charge in [-0.25, -0.2) is 8.42 Å². The van der Waals surface area contributed by atoms with Gasteiger partial charge < -0.3 is 10.4 Å². The fourth-order valence-electron chi connectivity index (χ4n) is 2.20. The lowest BCUT2D eigenvalue weighted by molar-refractivity contribution is 0.0944. The van der Waals surface area contributed by atoms with Crippen LogP contribution in [0.15, 0.2) is 47.4 Å². The summed E-state index contributed by atoms with van der Waals surface area (Å²) in [5, 5.41) is 11.3. The lowest BCUT2D eigenvalue weighted by Gasteiger charge is -2.12. The molecule has 0 saturated heterocycles. The van der Waals surface area contributed by atoms with Crippen LogP contribution in [0, 0.1) is 13.8 Å². The Bertz CT molecular complexity index is 847. The highest BCUT2D eigenvalue weighted by molar-refractivity contribution is 7.92. The molecule has 0 spiro atoms. The van der Waals surface area contributed by atoms with Crippen LogP contribution in [0.25, 0.3) is 0 Å². The number of anilines is 1.